The fourth-order valence-corrected chi connectivity index (χ4v) is 5.35. The van der Waals surface area contributed by atoms with Gasteiger partial charge >= 0.3 is 6.09 Å². The Balaban J connectivity index is 1.47. The molecule has 10 heteroatoms. The number of para-hydroxylation sites is 1. The predicted molar refractivity (Wildman–Crippen MR) is 115 cm³/mol. The van der Waals surface area contributed by atoms with Gasteiger partial charge in [-0.15, -0.1) is 0 Å². The van der Waals surface area contributed by atoms with Gasteiger partial charge in [-0.05, 0) is 37.3 Å². The fourth-order valence-electron chi connectivity index (χ4n) is 4.11. The van der Waals surface area contributed by atoms with Crippen LogP contribution in [0.3, 0.4) is 0 Å². The molecule has 1 aromatic carbocycles. The van der Waals surface area contributed by atoms with E-state index in [4.69, 9.17) is 4.74 Å². The molecule has 2 aromatic rings. The molecule has 4 rings (SSSR count). The molecule has 2 aliphatic rings. The van der Waals surface area contributed by atoms with Crippen molar-refractivity contribution in [3.05, 3.63) is 35.5 Å². The summed E-state index contributed by atoms with van der Waals surface area (Å²) in [5.41, 5.74) is 3.35. The largest absolute Gasteiger partial charge is 0.446 e. The highest BCUT2D eigenvalue weighted by Gasteiger charge is 2.31. The van der Waals surface area contributed by atoms with Gasteiger partial charge in [-0.3, -0.25) is 9.40 Å². The van der Waals surface area contributed by atoms with Crippen molar-refractivity contribution < 1.29 is 17.9 Å². The topological polar surface area (TPSA) is 108 Å². The van der Waals surface area contributed by atoms with Crippen molar-refractivity contribution in [1.82, 2.24) is 15.1 Å². The van der Waals surface area contributed by atoms with E-state index in [0.717, 1.165) is 30.5 Å². The highest BCUT2D eigenvalue weighted by molar-refractivity contribution is 7.92. The molecule has 2 atom stereocenters. The molecular formula is C20H27N5O4S. The molecule has 2 N–H and O–H groups in total. The van der Waals surface area contributed by atoms with Crippen LogP contribution in [0.15, 0.2) is 24.3 Å². The molecule has 2 heterocycles. The number of aromatic amines is 1. The van der Waals surface area contributed by atoms with E-state index in [0.29, 0.717) is 23.6 Å². The molecular weight excluding hydrogens is 406 g/mol. The Kier molecular flexibility index (Phi) is 5.35. The molecule has 0 spiro atoms. The van der Waals surface area contributed by atoms with Gasteiger partial charge in [-0.1, -0.05) is 12.1 Å². The first-order chi connectivity index (χ1) is 14.2. The van der Waals surface area contributed by atoms with Crippen molar-refractivity contribution in [2.75, 3.05) is 36.5 Å². The van der Waals surface area contributed by atoms with Gasteiger partial charge in [0.25, 0.3) is 0 Å². The molecule has 1 amide bonds. The molecule has 0 radical (unpaired) electrons. The number of H-pyrrole nitrogens is 1. The van der Waals surface area contributed by atoms with Gasteiger partial charge in [0.1, 0.15) is 6.10 Å². The summed E-state index contributed by atoms with van der Waals surface area (Å²) in [6.45, 7) is 0. The number of hydrogen-bond donors (Lipinski definition) is 2. The van der Waals surface area contributed by atoms with Gasteiger partial charge in [0.05, 0.1) is 17.1 Å². The molecule has 1 saturated carbocycles. The number of benzene rings is 1. The Bertz CT molecular complexity index is 1050. The van der Waals surface area contributed by atoms with Crippen LogP contribution in [0.25, 0.3) is 0 Å². The van der Waals surface area contributed by atoms with Crippen LogP contribution in [-0.2, 0) is 21.2 Å². The number of rotatable bonds is 4. The number of sulfonamides is 1. The zero-order valence-electron chi connectivity index (χ0n) is 17.4. The number of carbonyl (C=O) groups is 1. The van der Waals surface area contributed by atoms with Gasteiger partial charge < -0.3 is 15.0 Å². The SMILES string of the molecule is CN(C)C(=O)O[C@@H]1CC[C@H](c2cc(Nc3cccc4c3N(C)S(=O)(=O)CC4)n[nH]2)C1. The fraction of sp³-hybridized carbons (Fsp3) is 0.500. The third kappa shape index (κ3) is 3.96. The molecule has 30 heavy (non-hydrogen) atoms. The van der Waals surface area contributed by atoms with Gasteiger partial charge in [0, 0.05) is 38.8 Å². The predicted octanol–water partition coefficient (Wildman–Crippen LogP) is 2.81. The Hall–Kier alpha value is -2.75. The molecule has 0 bridgehead atoms. The second-order valence-electron chi connectivity index (χ2n) is 8.09. The summed E-state index contributed by atoms with van der Waals surface area (Å²) >= 11 is 0. The maximum Gasteiger partial charge on any atom is 0.409 e. The van der Waals surface area contributed by atoms with Crippen LogP contribution in [0, 0.1) is 0 Å². The quantitative estimate of drug-likeness (QED) is 0.768. The van der Waals surface area contributed by atoms with E-state index in [1.54, 1.807) is 21.1 Å². The lowest BCUT2D eigenvalue weighted by Gasteiger charge is -2.29. The summed E-state index contributed by atoms with van der Waals surface area (Å²) in [7, 11) is 1.63. The zero-order chi connectivity index (χ0) is 21.5. The average Bonchev–Trinajstić information content (AvgIpc) is 3.34. The number of ether oxygens (including phenoxy) is 1. The lowest BCUT2D eigenvalue weighted by atomic mass is 10.0. The number of aryl methyl sites for hydroxylation is 1. The number of hydrogen-bond acceptors (Lipinski definition) is 6. The number of fused-ring (bicyclic) bond motifs is 1. The van der Waals surface area contributed by atoms with Crippen LogP contribution in [0.1, 0.15) is 36.4 Å². The molecule has 1 aliphatic carbocycles. The van der Waals surface area contributed by atoms with Gasteiger partial charge in [0.2, 0.25) is 10.0 Å². The summed E-state index contributed by atoms with van der Waals surface area (Å²) in [4.78, 5) is 13.2. The van der Waals surface area contributed by atoms with Crippen molar-refractivity contribution in [1.29, 1.82) is 0 Å². The monoisotopic (exact) mass is 433 g/mol. The number of anilines is 3. The Labute approximate surface area is 176 Å². The van der Waals surface area contributed by atoms with E-state index in [2.05, 4.69) is 15.5 Å². The minimum absolute atomic E-state index is 0.0930. The van der Waals surface area contributed by atoms with Crippen molar-refractivity contribution in [2.24, 2.45) is 0 Å². The first-order valence-electron chi connectivity index (χ1n) is 10.0. The molecule has 9 nitrogen and oxygen atoms in total. The molecule has 0 saturated heterocycles. The Morgan fingerprint density at radius 2 is 2.13 bits per heavy atom. The Morgan fingerprint density at radius 1 is 1.33 bits per heavy atom. The third-order valence-electron chi connectivity index (χ3n) is 5.80. The lowest BCUT2D eigenvalue weighted by Crippen LogP contribution is -2.34. The van der Waals surface area contributed by atoms with E-state index in [1.807, 2.05) is 24.3 Å². The van der Waals surface area contributed by atoms with Crippen molar-refractivity contribution in [2.45, 2.75) is 37.7 Å². The summed E-state index contributed by atoms with van der Waals surface area (Å²) in [6, 6.07) is 7.67. The molecule has 1 fully saturated rings. The normalized spacial score (nSPS) is 22.4. The zero-order valence-corrected chi connectivity index (χ0v) is 18.2. The summed E-state index contributed by atoms with van der Waals surface area (Å²) in [6.07, 6.45) is 2.57. The molecule has 162 valence electrons. The first kappa shape index (κ1) is 20.5. The number of amides is 1. The van der Waals surface area contributed by atoms with Crippen LogP contribution >= 0.6 is 0 Å². The van der Waals surface area contributed by atoms with Crippen LogP contribution in [0.5, 0.6) is 0 Å². The van der Waals surface area contributed by atoms with Crippen LogP contribution < -0.4 is 9.62 Å². The highest BCUT2D eigenvalue weighted by atomic mass is 32.2. The summed E-state index contributed by atoms with van der Waals surface area (Å²) in [5.74, 6) is 0.984. The Morgan fingerprint density at radius 3 is 2.90 bits per heavy atom. The lowest BCUT2D eigenvalue weighted by molar-refractivity contribution is 0.0770. The van der Waals surface area contributed by atoms with Crippen molar-refractivity contribution in [3.63, 3.8) is 0 Å². The number of carbonyl (C=O) groups excluding carboxylic acids is 1. The van der Waals surface area contributed by atoms with Crippen molar-refractivity contribution in [3.8, 4) is 0 Å². The van der Waals surface area contributed by atoms with Gasteiger partial charge in [0.15, 0.2) is 5.82 Å². The second kappa shape index (κ2) is 7.82. The first-order valence-corrected chi connectivity index (χ1v) is 11.6. The standard InChI is InChI=1S/C20H27N5O4S/c1-24(2)20(26)29-15-8-7-14(11-15)17-12-18(23-22-17)21-16-6-4-5-13-9-10-30(27,28)25(3)19(13)16/h4-6,12,14-15H,7-11H2,1-3H3,(H2,21,22,23)/t14-,15+/m0/s1. The van der Waals surface area contributed by atoms with E-state index in [-0.39, 0.29) is 23.9 Å². The smallest absolute Gasteiger partial charge is 0.409 e. The summed E-state index contributed by atoms with van der Waals surface area (Å²) < 4.78 is 31.5. The minimum Gasteiger partial charge on any atom is -0.446 e. The van der Waals surface area contributed by atoms with E-state index >= 15 is 0 Å². The molecule has 1 aromatic heterocycles. The number of nitrogens with zero attached hydrogens (tertiary/aromatic N) is 3. The second-order valence-corrected chi connectivity index (χ2v) is 10.2. The average molecular weight is 434 g/mol. The van der Waals surface area contributed by atoms with Gasteiger partial charge in [-0.25, -0.2) is 13.2 Å². The minimum atomic E-state index is -3.30. The van der Waals surface area contributed by atoms with Crippen LogP contribution in [0.2, 0.25) is 0 Å². The maximum atomic E-state index is 12.3. The van der Waals surface area contributed by atoms with Crippen LogP contribution in [-0.4, -0.2) is 62.6 Å². The molecule has 0 unspecified atom stereocenters. The van der Waals surface area contributed by atoms with Crippen LogP contribution in [0.4, 0.5) is 22.0 Å². The van der Waals surface area contributed by atoms with E-state index in [9.17, 15) is 13.2 Å². The van der Waals surface area contributed by atoms with Gasteiger partial charge in [-0.2, -0.15) is 5.10 Å². The highest BCUT2D eigenvalue weighted by Crippen LogP contribution is 2.38. The number of nitrogens with one attached hydrogen (secondary N) is 2. The third-order valence-corrected chi connectivity index (χ3v) is 7.54. The maximum absolute atomic E-state index is 12.3. The van der Waals surface area contributed by atoms with Crippen molar-refractivity contribution >= 4 is 33.3 Å². The number of aromatic nitrogens is 2. The van der Waals surface area contributed by atoms with E-state index in [1.165, 1.54) is 9.21 Å². The van der Waals surface area contributed by atoms with E-state index < -0.39 is 10.0 Å². The summed E-state index contributed by atoms with van der Waals surface area (Å²) in [5, 5.41) is 10.7. The molecule has 1 aliphatic heterocycles.